The monoisotopic (exact) mass is 521 g/mol. The number of piperidine rings is 1. The van der Waals surface area contributed by atoms with E-state index >= 15 is 0 Å². The molecule has 1 aromatic carbocycles. The molecule has 0 bridgehead atoms. The molecule has 0 unspecified atom stereocenters. The van der Waals surface area contributed by atoms with Gasteiger partial charge in [0.1, 0.15) is 5.76 Å². The number of furan rings is 1. The Morgan fingerprint density at radius 3 is 2.08 bits per heavy atom. The topological polar surface area (TPSA) is 190 Å². The van der Waals surface area contributed by atoms with Gasteiger partial charge in [0.05, 0.1) is 16.8 Å². The molecule has 12 nitrogen and oxygen atoms in total. The van der Waals surface area contributed by atoms with Crippen LogP contribution in [0.1, 0.15) is 25.5 Å². The quantitative estimate of drug-likeness (QED) is 0.309. The number of rotatable bonds is 5. The Balaban J connectivity index is 0.000000319. The maximum absolute atomic E-state index is 9.10. The molecule has 0 radical (unpaired) electrons. The van der Waals surface area contributed by atoms with Crippen molar-refractivity contribution in [3.05, 3.63) is 42.2 Å². The number of fused-ring (bicyclic) bond motifs is 1. The Hall–Kier alpha value is -3.81. The Bertz CT molecular complexity index is 1100. The second-order valence-electron chi connectivity index (χ2n) is 7.56. The zero-order valence-corrected chi connectivity index (χ0v) is 20.2. The van der Waals surface area contributed by atoms with Crippen LogP contribution in [0.25, 0.3) is 21.0 Å². The Labute approximate surface area is 209 Å². The van der Waals surface area contributed by atoms with Gasteiger partial charge < -0.3 is 35.1 Å². The van der Waals surface area contributed by atoms with Gasteiger partial charge in [0, 0.05) is 6.04 Å². The average molecular weight is 522 g/mol. The molecule has 5 N–H and O–H groups in total. The van der Waals surface area contributed by atoms with Crippen LogP contribution in [0, 0.1) is 0 Å². The summed E-state index contributed by atoms with van der Waals surface area (Å²) in [6.45, 7) is 6.59. The molecule has 1 aliphatic rings. The van der Waals surface area contributed by atoms with E-state index in [2.05, 4.69) is 34.3 Å². The number of hydrogen-bond donors (Lipinski definition) is 5. The van der Waals surface area contributed by atoms with Gasteiger partial charge in [-0.2, -0.15) is 0 Å². The molecule has 1 aliphatic heterocycles. The molecule has 0 aliphatic carbocycles. The van der Waals surface area contributed by atoms with Gasteiger partial charge in [-0.25, -0.2) is 24.2 Å². The average Bonchev–Trinajstić information content (AvgIpc) is 3.50. The van der Waals surface area contributed by atoms with Crippen molar-refractivity contribution >= 4 is 45.4 Å². The van der Waals surface area contributed by atoms with Gasteiger partial charge in [-0.1, -0.05) is 19.1 Å². The number of likely N-dealkylation sites (tertiary alicyclic amines) is 1. The second-order valence-corrected chi connectivity index (χ2v) is 8.59. The van der Waals surface area contributed by atoms with Gasteiger partial charge in [0.15, 0.2) is 10.8 Å². The molecule has 3 heterocycles. The van der Waals surface area contributed by atoms with Crippen LogP contribution in [0.2, 0.25) is 0 Å². The van der Waals surface area contributed by atoms with Crippen LogP contribution in [0.4, 0.5) is 0 Å². The summed E-state index contributed by atoms with van der Waals surface area (Å²) in [6.07, 6.45) is 2.44. The molecular formula is C23H27N3O9S. The van der Waals surface area contributed by atoms with Crippen LogP contribution in [0.5, 0.6) is 0 Å². The highest BCUT2D eigenvalue weighted by atomic mass is 32.1. The Morgan fingerprint density at radius 2 is 1.56 bits per heavy atom. The Morgan fingerprint density at radius 1 is 0.972 bits per heavy atom. The largest absolute Gasteiger partial charge is 0.473 e. The van der Waals surface area contributed by atoms with E-state index < -0.39 is 23.9 Å². The third kappa shape index (κ3) is 9.09. The first-order chi connectivity index (χ1) is 17.1. The van der Waals surface area contributed by atoms with Crippen molar-refractivity contribution in [1.29, 1.82) is 0 Å². The number of carboxylic acid groups (broad SMARTS) is 4. The molecule has 3 aromatic rings. The van der Waals surface area contributed by atoms with E-state index in [-0.39, 0.29) is 0 Å². The van der Waals surface area contributed by atoms with Crippen LogP contribution in [0.3, 0.4) is 0 Å². The van der Waals surface area contributed by atoms with E-state index in [0.29, 0.717) is 6.04 Å². The number of benzene rings is 1. The minimum atomic E-state index is -1.82. The fourth-order valence-electron chi connectivity index (χ4n) is 3.26. The van der Waals surface area contributed by atoms with E-state index in [4.69, 9.17) is 44.0 Å². The summed E-state index contributed by atoms with van der Waals surface area (Å²) in [7, 11) is 0. The number of aromatic nitrogens is 1. The number of nitrogens with one attached hydrogen (secondary N) is 1. The standard InChI is InChI=1S/C19H23N3OS.2C2H2O4/c1-2-22-11-9-14(10-12-22)20-13-15-7-8-17(23-15)19-21-16-5-3-4-6-18(16)24-19;2*3-1(4)2(5)6/h3-8,14,20H,2,9-13H2,1H3;2*(H,3,4)(H,5,6). The van der Waals surface area contributed by atoms with E-state index in [1.54, 1.807) is 11.3 Å². The number of carbonyl (C=O) groups is 4. The zero-order valence-electron chi connectivity index (χ0n) is 19.4. The number of para-hydroxylation sites is 1. The molecule has 0 saturated carbocycles. The van der Waals surface area contributed by atoms with Crippen molar-refractivity contribution in [1.82, 2.24) is 15.2 Å². The molecule has 1 saturated heterocycles. The van der Waals surface area contributed by atoms with Crippen molar-refractivity contribution in [3.63, 3.8) is 0 Å². The molecule has 194 valence electrons. The van der Waals surface area contributed by atoms with Crippen LogP contribution in [-0.2, 0) is 25.7 Å². The lowest BCUT2D eigenvalue weighted by atomic mass is 10.1. The zero-order chi connectivity index (χ0) is 26.7. The van der Waals surface area contributed by atoms with Gasteiger partial charge in [-0.15, -0.1) is 11.3 Å². The highest BCUT2D eigenvalue weighted by molar-refractivity contribution is 7.21. The molecule has 1 fully saturated rings. The molecule has 0 spiro atoms. The molecule has 36 heavy (non-hydrogen) atoms. The number of carboxylic acids is 4. The lowest BCUT2D eigenvalue weighted by molar-refractivity contribution is -0.159. The minimum Gasteiger partial charge on any atom is -0.473 e. The first-order valence-electron chi connectivity index (χ1n) is 10.9. The summed E-state index contributed by atoms with van der Waals surface area (Å²) in [6, 6.07) is 12.9. The summed E-state index contributed by atoms with van der Waals surface area (Å²) < 4.78 is 7.21. The van der Waals surface area contributed by atoms with Crippen LogP contribution in [-0.4, -0.2) is 79.9 Å². The van der Waals surface area contributed by atoms with E-state index in [9.17, 15) is 0 Å². The number of thiazole rings is 1. The molecule has 2 aromatic heterocycles. The van der Waals surface area contributed by atoms with Crippen LogP contribution < -0.4 is 5.32 Å². The Kier molecular flexibility index (Phi) is 11.0. The first-order valence-corrected chi connectivity index (χ1v) is 11.7. The lowest BCUT2D eigenvalue weighted by Crippen LogP contribution is -2.42. The summed E-state index contributed by atoms with van der Waals surface area (Å²) in [5.74, 6) is -5.44. The predicted octanol–water partition coefficient (Wildman–Crippen LogP) is 2.44. The number of nitrogens with zero attached hydrogens (tertiary/aromatic N) is 2. The highest BCUT2D eigenvalue weighted by Crippen LogP contribution is 2.31. The number of hydrogen-bond acceptors (Lipinski definition) is 9. The van der Waals surface area contributed by atoms with Gasteiger partial charge >= 0.3 is 23.9 Å². The van der Waals surface area contributed by atoms with Crippen molar-refractivity contribution in [2.24, 2.45) is 0 Å². The van der Waals surface area contributed by atoms with E-state index in [0.717, 1.165) is 35.1 Å². The van der Waals surface area contributed by atoms with Crippen molar-refractivity contribution in [3.8, 4) is 10.8 Å². The first kappa shape index (κ1) is 28.4. The minimum absolute atomic E-state index is 0.601. The van der Waals surface area contributed by atoms with Gasteiger partial charge in [0.25, 0.3) is 0 Å². The summed E-state index contributed by atoms with van der Waals surface area (Å²) >= 11 is 1.68. The van der Waals surface area contributed by atoms with Gasteiger partial charge in [-0.3, -0.25) is 0 Å². The third-order valence-corrected chi connectivity index (χ3v) is 6.18. The fourth-order valence-corrected chi connectivity index (χ4v) is 4.19. The lowest BCUT2D eigenvalue weighted by Gasteiger charge is -2.31. The SMILES string of the molecule is CCN1CCC(NCc2ccc(-c3nc4ccccc4s3)o2)CC1.O=C(O)C(=O)O.O=C(O)C(=O)O. The molecule has 0 amide bonds. The summed E-state index contributed by atoms with van der Waals surface area (Å²) in [4.78, 5) is 43.6. The van der Waals surface area contributed by atoms with E-state index in [1.165, 1.54) is 30.6 Å². The van der Waals surface area contributed by atoms with Gasteiger partial charge in [-0.05, 0) is 56.7 Å². The van der Waals surface area contributed by atoms with Gasteiger partial charge in [0.2, 0.25) is 0 Å². The molecule has 0 atom stereocenters. The molecular weight excluding hydrogens is 494 g/mol. The smallest absolute Gasteiger partial charge is 0.414 e. The van der Waals surface area contributed by atoms with Crippen molar-refractivity contribution in [2.45, 2.75) is 32.4 Å². The summed E-state index contributed by atoms with van der Waals surface area (Å²) in [5.41, 5.74) is 1.04. The molecule has 4 rings (SSSR count). The second kappa shape index (κ2) is 13.9. The third-order valence-electron chi connectivity index (χ3n) is 5.13. The van der Waals surface area contributed by atoms with Crippen molar-refractivity contribution in [2.75, 3.05) is 19.6 Å². The van der Waals surface area contributed by atoms with Crippen molar-refractivity contribution < 1.29 is 44.0 Å². The van der Waals surface area contributed by atoms with Crippen LogP contribution >= 0.6 is 11.3 Å². The normalized spacial score (nSPS) is 13.7. The maximum atomic E-state index is 9.10. The number of aliphatic carboxylic acids is 4. The maximum Gasteiger partial charge on any atom is 0.414 e. The predicted molar refractivity (Wildman–Crippen MR) is 130 cm³/mol. The molecule has 13 heteroatoms. The highest BCUT2D eigenvalue weighted by Gasteiger charge is 2.18. The van der Waals surface area contributed by atoms with Crippen LogP contribution in [0.15, 0.2) is 40.8 Å². The fraction of sp³-hybridized carbons (Fsp3) is 0.348. The summed E-state index contributed by atoms with van der Waals surface area (Å²) in [5, 5.41) is 34.2. The van der Waals surface area contributed by atoms with E-state index in [1.807, 2.05) is 24.3 Å².